The summed E-state index contributed by atoms with van der Waals surface area (Å²) in [5.74, 6) is 2.54. The molecule has 0 radical (unpaired) electrons. The first kappa shape index (κ1) is 36.5. The van der Waals surface area contributed by atoms with E-state index in [1.54, 1.807) is 30.5 Å². The molecule has 40 heavy (non-hydrogen) atoms. The molecule has 1 saturated heterocycles. The topological polar surface area (TPSA) is 256 Å². The minimum atomic E-state index is -0.377. The van der Waals surface area contributed by atoms with Gasteiger partial charge in [0, 0.05) is 36.5 Å². The third kappa shape index (κ3) is 9.03. The smallest absolute Gasteiger partial charge is 0.255 e. The first-order valence-electron chi connectivity index (χ1n) is 12.6. The van der Waals surface area contributed by atoms with Gasteiger partial charge in [-0.3, -0.25) is 4.79 Å². The first-order chi connectivity index (χ1) is 17.2. The number of carbonyl (C=O) groups is 1. The molecule has 14 heteroatoms. The summed E-state index contributed by atoms with van der Waals surface area (Å²) in [5.41, 5.74) is 0.796. The van der Waals surface area contributed by atoms with Crippen LogP contribution in [0.15, 0.2) is 41.0 Å². The van der Waals surface area contributed by atoms with Crippen LogP contribution in [0.4, 0.5) is 17.6 Å². The summed E-state index contributed by atoms with van der Waals surface area (Å²) < 4.78 is 5.23. The van der Waals surface area contributed by atoms with Crippen LogP contribution in [-0.2, 0) is 6.54 Å². The zero-order chi connectivity index (χ0) is 24.0. The van der Waals surface area contributed by atoms with Crippen molar-refractivity contribution < 1.29 is 20.0 Å². The SMILES string of the molecule is Cl.N.N.N.N.O=C(NCc1ccco1)c1ccc(Nc2nc(C3CCCCC3)nc(N3CCCCC3)n2)cc1O.[HH].[HH].[HH].[HH]. The molecule has 0 bridgehead atoms. The maximum Gasteiger partial charge on any atom is 0.255 e. The normalized spacial score (nSPS) is 14.7. The molecule has 13 nitrogen and oxygen atoms in total. The molecule has 1 aromatic carbocycles. The lowest BCUT2D eigenvalue weighted by Crippen LogP contribution is -2.31. The second kappa shape index (κ2) is 17.3. The number of hydrogen-bond donors (Lipinski definition) is 7. The molecule has 1 aliphatic carbocycles. The van der Waals surface area contributed by atoms with Crippen LogP contribution >= 0.6 is 12.4 Å². The molecular weight excluding hydrogens is 536 g/mol. The Morgan fingerprint density at radius 3 is 2.33 bits per heavy atom. The number of hydrogen-bond acceptors (Lipinski definition) is 12. The number of benzene rings is 1. The Morgan fingerprint density at radius 2 is 1.68 bits per heavy atom. The van der Waals surface area contributed by atoms with Crippen LogP contribution in [0.1, 0.15) is 84.9 Å². The van der Waals surface area contributed by atoms with Gasteiger partial charge in [-0.1, -0.05) is 19.3 Å². The van der Waals surface area contributed by atoms with Crippen molar-refractivity contribution in [1.82, 2.24) is 44.9 Å². The number of phenols is 1. The largest absolute Gasteiger partial charge is 0.507 e. The van der Waals surface area contributed by atoms with E-state index in [1.807, 2.05) is 0 Å². The summed E-state index contributed by atoms with van der Waals surface area (Å²) in [7, 11) is 0. The number of halogens is 1. The van der Waals surface area contributed by atoms with Gasteiger partial charge in [0.2, 0.25) is 11.9 Å². The van der Waals surface area contributed by atoms with Crippen molar-refractivity contribution >= 4 is 35.9 Å². The molecule has 0 atom stereocenters. The van der Waals surface area contributed by atoms with Crippen molar-refractivity contribution in [3.8, 4) is 5.75 Å². The van der Waals surface area contributed by atoms with Crippen LogP contribution in [0, 0.1) is 0 Å². The number of furan rings is 1. The number of piperidine rings is 1. The van der Waals surface area contributed by atoms with Crippen LogP contribution in [-0.4, -0.2) is 39.1 Å². The number of anilines is 3. The van der Waals surface area contributed by atoms with Gasteiger partial charge in [0.05, 0.1) is 18.4 Å². The average molecular weight is 589 g/mol. The Balaban J connectivity index is -0.000000563. The van der Waals surface area contributed by atoms with Crippen molar-refractivity contribution in [2.45, 2.75) is 63.8 Å². The maximum absolute atomic E-state index is 12.5. The molecule has 15 N–H and O–H groups in total. The minimum absolute atomic E-state index is 0. The number of aromatic hydroxyl groups is 1. The van der Waals surface area contributed by atoms with E-state index in [0.29, 0.717) is 23.3 Å². The van der Waals surface area contributed by atoms with Gasteiger partial charge in [0.1, 0.15) is 17.3 Å². The first-order valence-corrected chi connectivity index (χ1v) is 12.6. The van der Waals surface area contributed by atoms with Gasteiger partial charge in [-0.05, 0) is 56.4 Å². The van der Waals surface area contributed by atoms with Gasteiger partial charge in [-0.2, -0.15) is 15.0 Å². The van der Waals surface area contributed by atoms with E-state index in [9.17, 15) is 9.90 Å². The second-order valence-corrected chi connectivity index (χ2v) is 9.32. The maximum atomic E-state index is 12.5. The number of nitrogens with one attached hydrogen (secondary N) is 2. The van der Waals surface area contributed by atoms with Crippen molar-refractivity contribution in [3.05, 3.63) is 53.7 Å². The lowest BCUT2D eigenvalue weighted by molar-refractivity contribution is 0.0945. The van der Waals surface area contributed by atoms with Crippen LogP contribution in [0.3, 0.4) is 0 Å². The third-order valence-electron chi connectivity index (χ3n) is 6.75. The van der Waals surface area contributed by atoms with Gasteiger partial charge in [-0.25, -0.2) is 0 Å². The van der Waals surface area contributed by atoms with Crippen molar-refractivity contribution in [2.75, 3.05) is 23.3 Å². The number of amides is 1. The highest BCUT2D eigenvalue weighted by molar-refractivity contribution is 5.97. The fraction of sp³-hybridized carbons (Fsp3) is 0.462. The number of carbonyl (C=O) groups excluding carboxylic acids is 1. The Kier molecular flexibility index (Phi) is 15.7. The highest BCUT2D eigenvalue weighted by Crippen LogP contribution is 2.32. The molecule has 3 aromatic rings. The van der Waals surface area contributed by atoms with Gasteiger partial charge in [0.25, 0.3) is 5.91 Å². The van der Waals surface area contributed by atoms with Crippen LogP contribution < -0.4 is 40.1 Å². The second-order valence-electron chi connectivity index (χ2n) is 9.32. The Morgan fingerprint density at radius 1 is 0.975 bits per heavy atom. The van der Waals surface area contributed by atoms with Crippen LogP contribution in [0.25, 0.3) is 0 Å². The summed E-state index contributed by atoms with van der Waals surface area (Å²) in [4.78, 5) is 29.1. The van der Waals surface area contributed by atoms with E-state index in [-0.39, 0.29) is 66.5 Å². The minimum Gasteiger partial charge on any atom is -0.507 e. The Bertz CT molecular complexity index is 1140. The summed E-state index contributed by atoms with van der Waals surface area (Å²) in [6.07, 6.45) is 11.0. The molecule has 2 fully saturated rings. The molecule has 3 heterocycles. The highest BCUT2D eigenvalue weighted by atomic mass is 35.5. The van der Waals surface area contributed by atoms with Crippen molar-refractivity contribution in [3.63, 3.8) is 0 Å². The summed E-state index contributed by atoms with van der Waals surface area (Å²) in [5, 5.41) is 16.5. The number of rotatable bonds is 7. The highest BCUT2D eigenvalue weighted by Gasteiger charge is 2.23. The number of nitrogens with zero attached hydrogens (tertiary/aromatic N) is 4. The molecule has 5 rings (SSSR count). The summed E-state index contributed by atoms with van der Waals surface area (Å²) in [6.45, 7) is 2.16. The van der Waals surface area contributed by atoms with Crippen molar-refractivity contribution in [1.29, 1.82) is 0 Å². The third-order valence-corrected chi connectivity index (χ3v) is 6.75. The molecule has 0 unspecified atom stereocenters. The molecule has 2 aliphatic rings. The van der Waals surface area contributed by atoms with Crippen molar-refractivity contribution in [2.24, 2.45) is 0 Å². The van der Waals surface area contributed by atoms with Crippen LogP contribution in [0.5, 0.6) is 5.75 Å². The van der Waals surface area contributed by atoms with E-state index >= 15 is 0 Å². The standard InChI is InChI=1S/C26H32N6O3.ClH.4H3N.4H2/c33-22-16-19(11-12-21(22)24(34)27-17-20-10-7-15-35-20)28-25-29-23(18-8-3-1-4-9-18)30-26(31-25)32-13-5-2-6-14-32;;;;;;;;;/h7,10-12,15-16,18,33H,1-6,8-9,13-14,17H2,(H,27,34)(H,28,29,30,31);1H;4*1H3;4*1H. The zero-order valence-corrected chi connectivity index (χ0v) is 23.9. The molecule has 1 aliphatic heterocycles. The molecule has 0 spiro atoms. The number of aromatic nitrogens is 3. The quantitative estimate of drug-likeness (QED) is 0.148. The predicted molar refractivity (Wildman–Crippen MR) is 169 cm³/mol. The molecule has 1 saturated carbocycles. The molecule has 2 aromatic heterocycles. The summed E-state index contributed by atoms with van der Waals surface area (Å²) in [6, 6.07) is 8.39. The van der Waals surface area contributed by atoms with E-state index < -0.39 is 0 Å². The average Bonchev–Trinajstić information content (AvgIpc) is 3.42. The van der Waals surface area contributed by atoms with Gasteiger partial charge in [-0.15, -0.1) is 12.4 Å². The lowest BCUT2D eigenvalue weighted by atomic mass is 9.89. The fourth-order valence-electron chi connectivity index (χ4n) is 4.82. The molecule has 1 amide bonds. The predicted octanol–water partition coefficient (Wildman–Crippen LogP) is 6.94. The van der Waals surface area contributed by atoms with Gasteiger partial charge >= 0.3 is 0 Å². The zero-order valence-electron chi connectivity index (χ0n) is 23.1. The summed E-state index contributed by atoms with van der Waals surface area (Å²) >= 11 is 0. The van der Waals surface area contributed by atoms with Gasteiger partial charge in [0.15, 0.2) is 0 Å². The van der Waals surface area contributed by atoms with Gasteiger partial charge < -0.3 is 49.7 Å². The van der Waals surface area contributed by atoms with Crippen LogP contribution in [0.2, 0.25) is 0 Å². The number of phenolic OH excluding ortho intramolecular Hbond substituents is 1. The Hall–Kier alpha value is -3.49. The fourth-order valence-corrected chi connectivity index (χ4v) is 4.82. The lowest BCUT2D eigenvalue weighted by Gasteiger charge is -2.28. The van der Waals surface area contributed by atoms with E-state index in [0.717, 1.165) is 50.5 Å². The monoisotopic (exact) mass is 588 g/mol. The molecule has 232 valence electrons. The Labute approximate surface area is 247 Å². The van der Waals surface area contributed by atoms with E-state index in [4.69, 9.17) is 19.4 Å². The van der Waals surface area contributed by atoms with E-state index in [1.165, 1.54) is 31.7 Å². The molecular formula is C26H53ClN10O3. The van der Waals surface area contributed by atoms with E-state index in [2.05, 4.69) is 15.5 Å².